The van der Waals surface area contributed by atoms with Crippen molar-refractivity contribution in [2.24, 2.45) is 5.73 Å². The molecule has 1 heterocycles. The Balaban J connectivity index is 2.06. The summed E-state index contributed by atoms with van der Waals surface area (Å²) in [4.78, 5) is 1.70. The van der Waals surface area contributed by atoms with Crippen molar-refractivity contribution in [2.75, 3.05) is 26.2 Å². The molecular formula is C6H15N2+. The van der Waals surface area contributed by atoms with Crippen LogP contribution in [0.25, 0.3) is 0 Å². The Morgan fingerprint density at radius 1 is 1.25 bits per heavy atom. The van der Waals surface area contributed by atoms with Crippen molar-refractivity contribution in [3.05, 3.63) is 0 Å². The zero-order chi connectivity index (χ0) is 5.82. The van der Waals surface area contributed by atoms with E-state index in [1.807, 2.05) is 0 Å². The smallest absolute Gasteiger partial charge is 0.0895 e. The molecule has 8 heavy (non-hydrogen) atoms. The average molecular weight is 115 g/mol. The van der Waals surface area contributed by atoms with E-state index in [1.54, 1.807) is 4.90 Å². The monoisotopic (exact) mass is 115 g/mol. The Kier molecular flexibility index (Phi) is 2.30. The molecule has 2 heteroatoms. The fourth-order valence-corrected chi connectivity index (χ4v) is 1.33. The van der Waals surface area contributed by atoms with Crippen LogP contribution in [0.15, 0.2) is 0 Å². The maximum absolute atomic E-state index is 5.39. The van der Waals surface area contributed by atoms with Crippen LogP contribution in [0.2, 0.25) is 0 Å². The molecule has 0 saturated carbocycles. The Hall–Kier alpha value is -0.0800. The highest BCUT2D eigenvalue weighted by molar-refractivity contribution is 4.44. The molecular weight excluding hydrogens is 100 g/mol. The van der Waals surface area contributed by atoms with Crippen molar-refractivity contribution in [3.63, 3.8) is 0 Å². The molecule has 2 nitrogen and oxygen atoms in total. The van der Waals surface area contributed by atoms with E-state index in [0.29, 0.717) is 0 Å². The SMILES string of the molecule is NCC[NH+]1CCCC1. The molecule has 0 aromatic carbocycles. The van der Waals surface area contributed by atoms with Crippen molar-refractivity contribution in [1.82, 2.24) is 0 Å². The van der Waals surface area contributed by atoms with Gasteiger partial charge in [-0.3, -0.25) is 0 Å². The van der Waals surface area contributed by atoms with Crippen LogP contribution in [0.4, 0.5) is 0 Å². The molecule has 0 spiro atoms. The van der Waals surface area contributed by atoms with Gasteiger partial charge in [0, 0.05) is 19.4 Å². The van der Waals surface area contributed by atoms with E-state index >= 15 is 0 Å². The lowest BCUT2D eigenvalue weighted by atomic mass is 10.4. The third-order valence-electron chi connectivity index (χ3n) is 1.81. The molecule has 1 saturated heterocycles. The number of rotatable bonds is 2. The van der Waals surface area contributed by atoms with Crippen LogP contribution in [0.3, 0.4) is 0 Å². The van der Waals surface area contributed by atoms with E-state index in [1.165, 1.54) is 32.5 Å². The minimum absolute atomic E-state index is 0.856. The lowest BCUT2D eigenvalue weighted by molar-refractivity contribution is -0.885. The van der Waals surface area contributed by atoms with Gasteiger partial charge < -0.3 is 10.6 Å². The second-order valence-corrected chi connectivity index (χ2v) is 2.50. The van der Waals surface area contributed by atoms with Gasteiger partial charge in [-0.1, -0.05) is 0 Å². The van der Waals surface area contributed by atoms with Crippen LogP contribution in [-0.4, -0.2) is 26.2 Å². The Bertz CT molecular complexity index is 57.5. The quantitative estimate of drug-likeness (QED) is 0.457. The maximum atomic E-state index is 5.39. The molecule has 1 rings (SSSR count). The number of likely N-dealkylation sites (tertiary alicyclic amines) is 1. The molecule has 3 N–H and O–H groups in total. The third-order valence-corrected chi connectivity index (χ3v) is 1.81. The van der Waals surface area contributed by atoms with Crippen LogP contribution in [-0.2, 0) is 0 Å². The zero-order valence-electron chi connectivity index (χ0n) is 5.32. The van der Waals surface area contributed by atoms with Gasteiger partial charge in [0.05, 0.1) is 19.6 Å². The van der Waals surface area contributed by atoms with Gasteiger partial charge in [0.2, 0.25) is 0 Å². The van der Waals surface area contributed by atoms with Gasteiger partial charge in [0.15, 0.2) is 0 Å². The fourth-order valence-electron chi connectivity index (χ4n) is 1.33. The first-order chi connectivity index (χ1) is 3.93. The van der Waals surface area contributed by atoms with E-state index in [2.05, 4.69) is 0 Å². The van der Waals surface area contributed by atoms with Crippen LogP contribution >= 0.6 is 0 Å². The highest BCUT2D eigenvalue weighted by atomic mass is 15.1. The second kappa shape index (κ2) is 3.05. The molecule has 0 aromatic heterocycles. The Morgan fingerprint density at radius 3 is 2.38 bits per heavy atom. The first-order valence-corrected chi connectivity index (χ1v) is 3.47. The van der Waals surface area contributed by atoms with Crippen molar-refractivity contribution < 1.29 is 4.90 Å². The average Bonchev–Trinajstić information content (AvgIpc) is 2.19. The largest absolute Gasteiger partial charge is 0.334 e. The predicted octanol–water partition coefficient (Wildman–Crippen LogP) is -1.38. The first kappa shape index (κ1) is 6.05. The molecule has 1 aliphatic rings. The number of nitrogens with one attached hydrogen (secondary N) is 1. The van der Waals surface area contributed by atoms with Crippen molar-refractivity contribution in [2.45, 2.75) is 12.8 Å². The molecule has 1 aliphatic heterocycles. The third kappa shape index (κ3) is 1.46. The van der Waals surface area contributed by atoms with Crippen molar-refractivity contribution in [1.29, 1.82) is 0 Å². The lowest BCUT2D eigenvalue weighted by Gasteiger charge is -2.08. The molecule has 0 aliphatic carbocycles. The summed E-state index contributed by atoms with van der Waals surface area (Å²) in [5.74, 6) is 0. The van der Waals surface area contributed by atoms with Crippen LogP contribution in [0, 0.1) is 0 Å². The van der Waals surface area contributed by atoms with Gasteiger partial charge in [0.1, 0.15) is 0 Å². The molecule has 0 unspecified atom stereocenters. The highest BCUT2D eigenvalue weighted by Gasteiger charge is 2.12. The number of hydrogen-bond donors (Lipinski definition) is 2. The first-order valence-electron chi connectivity index (χ1n) is 3.47. The van der Waals surface area contributed by atoms with Gasteiger partial charge in [-0.25, -0.2) is 0 Å². The van der Waals surface area contributed by atoms with Gasteiger partial charge in [0.25, 0.3) is 0 Å². The van der Waals surface area contributed by atoms with Crippen molar-refractivity contribution >= 4 is 0 Å². The molecule has 0 amide bonds. The standard InChI is InChI=1S/C6H14N2/c7-3-6-8-4-1-2-5-8/h1-7H2/p+1. The summed E-state index contributed by atoms with van der Waals surface area (Å²) in [5.41, 5.74) is 5.39. The summed E-state index contributed by atoms with van der Waals surface area (Å²) in [6.45, 7) is 4.75. The summed E-state index contributed by atoms with van der Waals surface area (Å²) >= 11 is 0. The normalized spacial score (nSPS) is 22.1. The second-order valence-electron chi connectivity index (χ2n) is 2.50. The summed E-state index contributed by atoms with van der Waals surface area (Å²) < 4.78 is 0. The summed E-state index contributed by atoms with van der Waals surface area (Å²) in [6.07, 6.45) is 2.82. The van der Waals surface area contributed by atoms with Crippen LogP contribution in [0.1, 0.15) is 12.8 Å². The van der Waals surface area contributed by atoms with Gasteiger partial charge in [-0.15, -0.1) is 0 Å². The summed E-state index contributed by atoms with van der Waals surface area (Å²) in [5, 5.41) is 0. The lowest BCUT2D eigenvalue weighted by Crippen LogP contribution is -3.10. The number of hydrogen-bond acceptors (Lipinski definition) is 1. The van der Waals surface area contributed by atoms with E-state index < -0.39 is 0 Å². The van der Waals surface area contributed by atoms with Crippen molar-refractivity contribution in [3.8, 4) is 0 Å². The van der Waals surface area contributed by atoms with E-state index in [4.69, 9.17) is 5.73 Å². The molecule has 1 fully saturated rings. The van der Waals surface area contributed by atoms with E-state index in [9.17, 15) is 0 Å². The van der Waals surface area contributed by atoms with Crippen LogP contribution in [0.5, 0.6) is 0 Å². The molecule has 0 bridgehead atoms. The Morgan fingerprint density at radius 2 is 1.88 bits per heavy atom. The van der Waals surface area contributed by atoms with Gasteiger partial charge in [-0.2, -0.15) is 0 Å². The van der Waals surface area contributed by atoms with Crippen LogP contribution < -0.4 is 10.6 Å². The number of quaternary nitrogens is 1. The predicted molar refractivity (Wildman–Crippen MR) is 33.9 cm³/mol. The summed E-state index contributed by atoms with van der Waals surface area (Å²) in [6, 6.07) is 0. The molecule has 48 valence electrons. The minimum atomic E-state index is 0.856. The maximum Gasteiger partial charge on any atom is 0.0895 e. The van der Waals surface area contributed by atoms with Gasteiger partial charge in [-0.05, 0) is 0 Å². The minimum Gasteiger partial charge on any atom is -0.334 e. The summed E-state index contributed by atoms with van der Waals surface area (Å²) in [7, 11) is 0. The van der Waals surface area contributed by atoms with Gasteiger partial charge >= 0.3 is 0 Å². The van der Waals surface area contributed by atoms with E-state index in [0.717, 1.165) is 6.54 Å². The Labute approximate surface area is 50.7 Å². The highest BCUT2D eigenvalue weighted by Crippen LogP contribution is 1.85. The fraction of sp³-hybridized carbons (Fsp3) is 1.00. The molecule has 0 atom stereocenters. The zero-order valence-corrected chi connectivity index (χ0v) is 5.32. The molecule has 0 radical (unpaired) electrons. The molecule has 0 aromatic rings. The topological polar surface area (TPSA) is 30.5 Å². The van der Waals surface area contributed by atoms with E-state index in [-0.39, 0.29) is 0 Å². The number of nitrogens with two attached hydrogens (primary N) is 1.